The van der Waals surface area contributed by atoms with Gasteiger partial charge in [0.05, 0.1) is 18.2 Å². The molecule has 0 atom stereocenters. The Morgan fingerprint density at radius 2 is 1.84 bits per heavy atom. The SMILES string of the molecule is Cc1ncc(C2=CCN(CCCc3ccc(F)cc3)CC2)c(N2CCC(C)(C)CC2)c1CC(=O)OC(C)C. The zero-order chi connectivity index (χ0) is 27.3. The number of piperidine rings is 1. The molecule has 0 amide bonds. The van der Waals surface area contributed by atoms with Crippen molar-refractivity contribution < 1.29 is 13.9 Å². The molecule has 4 rings (SSSR count). The monoisotopic (exact) mass is 521 g/mol. The van der Waals surface area contributed by atoms with Crippen molar-refractivity contribution in [3.05, 3.63) is 64.7 Å². The van der Waals surface area contributed by atoms with Crippen molar-refractivity contribution in [3.63, 3.8) is 0 Å². The lowest BCUT2D eigenvalue weighted by molar-refractivity contribution is -0.146. The highest BCUT2D eigenvalue weighted by Gasteiger charge is 2.30. The summed E-state index contributed by atoms with van der Waals surface area (Å²) in [7, 11) is 0. The number of pyridine rings is 1. The van der Waals surface area contributed by atoms with E-state index in [4.69, 9.17) is 9.72 Å². The molecule has 3 heterocycles. The number of carbonyl (C=O) groups excluding carboxylic acids is 1. The van der Waals surface area contributed by atoms with E-state index >= 15 is 0 Å². The lowest BCUT2D eigenvalue weighted by atomic mass is 9.82. The Balaban J connectivity index is 1.51. The van der Waals surface area contributed by atoms with Crippen molar-refractivity contribution in [2.24, 2.45) is 5.41 Å². The van der Waals surface area contributed by atoms with Gasteiger partial charge in [-0.25, -0.2) is 4.39 Å². The van der Waals surface area contributed by atoms with E-state index in [9.17, 15) is 9.18 Å². The van der Waals surface area contributed by atoms with Crippen LogP contribution in [0.25, 0.3) is 5.57 Å². The van der Waals surface area contributed by atoms with Gasteiger partial charge in [-0.1, -0.05) is 32.1 Å². The fourth-order valence-electron chi connectivity index (χ4n) is 5.54. The second-order valence-corrected chi connectivity index (χ2v) is 12.0. The van der Waals surface area contributed by atoms with Crippen LogP contribution in [0, 0.1) is 18.2 Å². The standard InChI is InChI=1S/C32H44FN3O2/c1-23(2)38-30(37)21-28-24(3)34-22-29(31(28)36-19-14-32(4,5)15-20-36)26-12-17-35(18-13-26)16-6-7-25-8-10-27(33)11-9-25/h8-12,22-23H,6-7,13-21H2,1-5H3. The van der Waals surface area contributed by atoms with E-state index in [2.05, 4.69) is 29.7 Å². The summed E-state index contributed by atoms with van der Waals surface area (Å²) in [5.74, 6) is -0.369. The number of hydrogen-bond acceptors (Lipinski definition) is 5. The van der Waals surface area contributed by atoms with Crippen molar-refractivity contribution in [1.29, 1.82) is 0 Å². The van der Waals surface area contributed by atoms with Crippen molar-refractivity contribution in [2.75, 3.05) is 37.6 Å². The molecule has 1 aromatic heterocycles. The van der Waals surface area contributed by atoms with Crippen LogP contribution in [0.3, 0.4) is 0 Å². The number of aryl methyl sites for hydroxylation is 2. The van der Waals surface area contributed by atoms with E-state index in [-0.39, 0.29) is 24.3 Å². The molecular formula is C32H44FN3O2. The van der Waals surface area contributed by atoms with Crippen LogP contribution < -0.4 is 4.90 Å². The molecule has 38 heavy (non-hydrogen) atoms. The number of carbonyl (C=O) groups is 1. The molecule has 2 aromatic rings. The number of rotatable bonds is 9. The highest BCUT2D eigenvalue weighted by atomic mass is 19.1. The first-order valence-corrected chi connectivity index (χ1v) is 14.2. The van der Waals surface area contributed by atoms with E-state index in [0.717, 1.165) is 76.1 Å². The largest absolute Gasteiger partial charge is 0.463 e. The number of nitrogens with zero attached hydrogens (tertiary/aromatic N) is 3. The minimum absolute atomic E-state index is 0.131. The molecule has 2 aliphatic heterocycles. The molecule has 5 nitrogen and oxygen atoms in total. The highest BCUT2D eigenvalue weighted by molar-refractivity contribution is 5.83. The van der Waals surface area contributed by atoms with Crippen LogP contribution in [-0.2, 0) is 22.4 Å². The maximum absolute atomic E-state index is 13.2. The molecule has 0 aliphatic carbocycles. The van der Waals surface area contributed by atoms with E-state index in [0.29, 0.717) is 5.41 Å². The Bertz CT molecular complexity index is 1130. The van der Waals surface area contributed by atoms with Crippen molar-refractivity contribution >= 4 is 17.2 Å². The Kier molecular flexibility index (Phi) is 9.24. The number of benzene rings is 1. The Morgan fingerprint density at radius 1 is 1.13 bits per heavy atom. The molecule has 1 aromatic carbocycles. The van der Waals surface area contributed by atoms with Crippen LogP contribution in [0.4, 0.5) is 10.1 Å². The summed E-state index contributed by atoms with van der Waals surface area (Å²) in [5.41, 5.74) is 7.13. The van der Waals surface area contributed by atoms with E-state index in [1.54, 1.807) is 12.1 Å². The molecule has 1 fully saturated rings. The van der Waals surface area contributed by atoms with Gasteiger partial charge in [0.15, 0.2) is 0 Å². The maximum atomic E-state index is 13.2. The summed E-state index contributed by atoms with van der Waals surface area (Å²) >= 11 is 0. The molecule has 0 unspecified atom stereocenters. The van der Waals surface area contributed by atoms with Crippen molar-refractivity contribution in [3.8, 4) is 0 Å². The van der Waals surface area contributed by atoms with Gasteiger partial charge in [-0.2, -0.15) is 0 Å². The molecule has 0 N–H and O–H groups in total. The number of anilines is 1. The molecule has 1 saturated heterocycles. The van der Waals surface area contributed by atoms with Gasteiger partial charge in [0, 0.05) is 49.2 Å². The van der Waals surface area contributed by atoms with Gasteiger partial charge in [0.25, 0.3) is 0 Å². The van der Waals surface area contributed by atoms with Gasteiger partial charge in [-0.15, -0.1) is 0 Å². The van der Waals surface area contributed by atoms with Crippen LogP contribution in [0.2, 0.25) is 0 Å². The third kappa shape index (κ3) is 7.43. The second-order valence-electron chi connectivity index (χ2n) is 12.0. The number of hydrogen-bond donors (Lipinski definition) is 0. The predicted octanol–water partition coefficient (Wildman–Crippen LogP) is 6.37. The van der Waals surface area contributed by atoms with Crippen molar-refractivity contribution in [1.82, 2.24) is 9.88 Å². The number of aromatic nitrogens is 1. The normalized spacial score (nSPS) is 18.0. The highest BCUT2D eigenvalue weighted by Crippen LogP contribution is 2.39. The molecular weight excluding hydrogens is 477 g/mol. The van der Waals surface area contributed by atoms with Gasteiger partial charge >= 0.3 is 5.97 Å². The Labute approximate surface area is 228 Å². The summed E-state index contributed by atoms with van der Waals surface area (Å²) in [4.78, 5) is 22.5. The Hall–Kier alpha value is -2.73. The zero-order valence-corrected chi connectivity index (χ0v) is 23.9. The number of esters is 1. The topological polar surface area (TPSA) is 45.7 Å². The quantitative estimate of drug-likeness (QED) is 0.359. The molecule has 0 bridgehead atoms. The third-order valence-corrected chi connectivity index (χ3v) is 7.98. The Morgan fingerprint density at radius 3 is 2.47 bits per heavy atom. The predicted molar refractivity (Wildman–Crippen MR) is 153 cm³/mol. The average Bonchev–Trinajstić information content (AvgIpc) is 2.87. The maximum Gasteiger partial charge on any atom is 0.310 e. The lowest BCUT2D eigenvalue weighted by Crippen LogP contribution is -2.39. The van der Waals surface area contributed by atoms with Gasteiger partial charge in [0.1, 0.15) is 5.82 Å². The van der Waals surface area contributed by atoms with Crippen LogP contribution in [0.1, 0.15) is 75.8 Å². The van der Waals surface area contributed by atoms with E-state index in [1.807, 2.05) is 39.1 Å². The van der Waals surface area contributed by atoms with E-state index < -0.39 is 0 Å². The molecule has 0 spiro atoms. The van der Waals surface area contributed by atoms with Crippen LogP contribution in [-0.4, -0.2) is 54.7 Å². The zero-order valence-electron chi connectivity index (χ0n) is 23.9. The smallest absolute Gasteiger partial charge is 0.310 e. The van der Waals surface area contributed by atoms with Gasteiger partial charge in [-0.3, -0.25) is 14.7 Å². The van der Waals surface area contributed by atoms with Gasteiger partial charge in [0.2, 0.25) is 0 Å². The third-order valence-electron chi connectivity index (χ3n) is 7.98. The minimum atomic E-state index is -0.189. The average molecular weight is 522 g/mol. The fourth-order valence-corrected chi connectivity index (χ4v) is 5.54. The summed E-state index contributed by atoms with van der Waals surface area (Å²) in [6, 6.07) is 6.84. The fraction of sp³-hybridized carbons (Fsp3) is 0.562. The summed E-state index contributed by atoms with van der Waals surface area (Å²) in [6.07, 6.45) is 9.73. The van der Waals surface area contributed by atoms with Crippen LogP contribution in [0.5, 0.6) is 0 Å². The van der Waals surface area contributed by atoms with Gasteiger partial charge < -0.3 is 9.64 Å². The lowest BCUT2D eigenvalue weighted by Gasteiger charge is -2.40. The van der Waals surface area contributed by atoms with Gasteiger partial charge in [-0.05, 0) is 88.1 Å². The first-order chi connectivity index (χ1) is 18.1. The first kappa shape index (κ1) is 28.3. The van der Waals surface area contributed by atoms with Crippen molar-refractivity contribution in [2.45, 2.75) is 79.2 Å². The minimum Gasteiger partial charge on any atom is -0.463 e. The second kappa shape index (κ2) is 12.4. The molecule has 206 valence electrons. The summed E-state index contributed by atoms with van der Waals surface area (Å²) in [6.45, 7) is 15.4. The summed E-state index contributed by atoms with van der Waals surface area (Å²) in [5, 5.41) is 0. The van der Waals surface area contributed by atoms with Crippen LogP contribution in [0.15, 0.2) is 36.5 Å². The van der Waals surface area contributed by atoms with Crippen LogP contribution >= 0.6 is 0 Å². The first-order valence-electron chi connectivity index (χ1n) is 14.2. The molecule has 0 saturated carbocycles. The number of ether oxygens (including phenoxy) is 1. The van der Waals surface area contributed by atoms with E-state index in [1.165, 1.54) is 22.4 Å². The summed E-state index contributed by atoms with van der Waals surface area (Å²) < 4.78 is 18.7. The molecule has 2 aliphatic rings. The molecule has 0 radical (unpaired) electrons. The number of halogens is 1. The molecule has 6 heteroatoms.